The molecule has 0 bridgehead atoms. The molecule has 1 aromatic carbocycles. The van der Waals surface area contributed by atoms with Gasteiger partial charge < -0.3 is 25.0 Å². The van der Waals surface area contributed by atoms with Crippen molar-refractivity contribution in [2.24, 2.45) is 5.41 Å². The Balaban J connectivity index is 1.22. The summed E-state index contributed by atoms with van der Waals surface area (Å²) in [7, 11) is 0. The number of hydrogen-bond donors (Lipinski definition) is 2. The third kappa shape index (κ3) is 5.69. The number of likely N-dealkylation sites (tertiary alicyclic amines) is 1. The topological polar surface area (TPSA) is 102 Å². The molecule has 3 saturated heterocycles. The number of benzene rings is 1. The Bertz CT molecular complexity index is 938. The van der Waals surface area contributed by atoms with Crippen LogP contribution in [0.2, 0.25) is 0 Å². The van der Waals surface area contributed by atoms with E-state index in [0.717, 1.165) is 44.8 Å². The van der Waals surface area contributed by atoms with Gasteiger partial charge in [-0.25, -0.2) is 9.18 Å². The number of piperidine rings is 1. The Hall–Kier alpha value is -2.88. The van der Waals surface area contributed by atoms with Crippen molar-refractivity contribution in [3.8, 4) is 0 Å². The second-order valence-electron chi connectivity index (χ2n) is 10.5. The summed E-state index contributed by atoms with van der Waals surface area (Å²) in [6, 6.07) is 6.59. The third-order valence-corrected chi connectivity index (χ3v) is 7.62. The summed E-state index contributed by atoms with van der Waals surface area (Å²) in [5.41, 5.74) is -0.729. The zero-order valence-electron chi connectivity index (χ0n) is 20.5. The van der Waals surface area contributed by atoms with Gasteiger partial charge in [-0.2, -0.15) is 0 Å². The minimum absolute atomic E-state index is 0.120. The molecule has 10 heteroatoms. The Labute approximate surface area is 205 Å². The van der Waals surface area contributed by atoms with E-state index in [2.05, 4.69) is 15.1 Å². The van der Waals surface area contributed by atoms with E-state index < -0.39 is 17.0 Å². The normalized spacial score (nSPS) is 22.8. The predicted octanol–water partition coefficient (Wildman–Crippen LogP) is 2.31. The average Bonchev–Trinajstić information content (AvgIpc) is 3.12. The van der Waals surface area contributed by atoms with Crippen molar-refractivity contribution >= 4 is 23.7 Å². The van der Waals surface area contributed by atoms with Gasteiger partial charge in [-0.3, -0.25) is 14.5 Å². The summed E-state index contributed by atoms with van der Waals surface area (Å²) in [6.45, 7) is 8.33. The van der Waals surface area contributed by atoms with Crippen LogP contribution in [0.1, 0.15) is 39.5 Å². The number of esters is 1. The number of cyclic esters (lactones) is 1. The second kappa shape index (κ2) is 10.0. The molecule has 1 aromatic rings. The first kappa shape index (κ1) is 25.2. The Morgan fingerprint density at radius 3 is 2.34 bits per heavy atom. The van der Waals surface area contributed by atoms with Crippen LogP contribution < -0.4 is 10.2 Å². The Morgan fingerprint density at radius 1 is 1.11 bits per heavy atom. The average molecular weight is 491 g/mol. The highest BCUT2D eigenvalue weighted by molar-refractivity contribution is 5.89. The Kier molecular flexibility index (Phi) is 7.21. The van der Waals surface area contributed by atoms with Gasteiger partial charge in [0.05, 0.1) is 5.41 Å². The fourth-order valence-electron chi connectivity index (χ4n) is 5.47. The first-order chi connectivity index (χ1) is 16.6. The second-order valence-corrected chi connectivity index (χ2v) is 10.5. The van der Waals surface area contributed by atoms with E-state index in [1.54, 1.807) is 18.7 Å². The van der Waals surface area contributed by atoms with Gasteiger partial charge in [-0.1, -0.05) is 0 Å². The summed E-state index contributed by atoms with van der Waals surface area (Å²) in [5, 5.41) is 11.3. The Morgan fingerprint density at radius 2 is 1.74 bits per heavy atom. The van der Waals surface area contributed by atoms with Crippen molar-refractivity contribution in [3.05, 3.63) is 30.1 Å². The molecule has 0 unspecified atom stereocenters. The highest BCUT2D eigenvalue weighted by atomic mass is 19.1. The van der Waals surface area contributed by atoms with Crippen molar-refractivity contribution in [3.63, 3.8) is 0 Å². The lowest BCUT2D eigenvalue weighted by atomic mass is 9.75. The number of halogens is 1. The number of amides is 2. The van der Waals surface area contributed by atoms with E-state index >= 15 is 0 Å². The number of nitrogens with one attached hydrogen (secondary N) is 1. The molecule has 3 aliphatic rings. The van der Waals surface area contributed by atoms with Crippen LogP contribution in [0, 0.1) is 11.2 Å². The minimum atomic E-state index is -1.24. The maximum atomic E-state index is 13.2. The molecular weight excluding hydrogens is 455 g/mol. The highest BCUT2D eigenvalue weighted by Gasteiger charge is 2.51. The highest BCUT2D eigenvalue weighted by Crippen LogP contribution is 2.44. The van der Waals surface area contributed by atoms with E-state index in [1.165, 1.54) is 12.1 Å². The molecule has 9 nitrogen and oxygen atoms in total. The maximum Gasteiger partial charge on any atom is 0.405 e. The van der Waals surface area contributed by atoms with Crippen molar-refractivity contribution in [1.82, 2.24) is 15.1 Å². The number of carboxylic acid groups (broad SMARTS) is 1. The monoisotopic (exact) mass is 490 g/mol. The summed E-state index contributed by atoms with van der Waals surface area (Å²) in [4.78, 5) is 42.8. The number of carbonyl (C=O) groups excluding carboxylic acids is 2. The molecule has 4 rings (SSSR count). The number of nitrogens with zero attached hydrogens (tertiary/aromatic N) is 3. The van der Waals surface area contributed by atoms with Gasteiger partial charge >= 0.3 is 12.1 Å². The molecule has 192 valence electrons. The van der Waals surface area contributed by atoms with Gasteiger partial charge in [0.2, 0.25) is 5.91 Å². The molecule has 1 spiro atoms. The van der Waals surface area contributed by atoms with Gasteiger partial charge in [-0.05, 0) is 57.4 Å². The van der Waals surface area contributed by atoms with Crippen LogP contribution >= 0.6 is 0 Å². The molecule has 3 heterocycles. The number of rotatable bonds is 6. The maximum absolute atomic E-state index is 13.2. The fourth-order valence-corrected chi connectivity index (χ4v) is 5.47. The lowest BCUT2D eigenvalue weighted by Crippen LogP contribution is -2.58. The van der Waals surface area contributed by atoms with Gasteiger partial charge in [0.25, 0.3) is 0 Å². The molecule has 0 aromatic heterocycles. The van der Waals surface area contributed by atoms with Crippen molar-refractivity contribution in [1.29, 1.82) is 0 Å². The minimum Gasteiger partial charge on any atom is -0.465 e. The van der Waals surface area contributed by atoms with Crippen LogP contribution in [0.3, 0.4) is 0 Å². The lowest BCUT2D eigenvalue weighted by molar-refractivity contribution is -0.153. The molecule has 3 fully saturated rings. The molecule has 0 saturated carbocycles. The summed E-state index contributed by atoms with van der Waals surface area (Å²) < 4.78 is 18.9. The lowest BCUT2D eigenvalue weighted by Gasteiger charge is -2.39. The predicted molar refractivity (Wildman–Crippen MR) is 128 cm³/mol. The van der Waals surface area contributed by atoms with E-state index in [0.29, 0.717) is 32.4 Å². The largest absolute Gasteiger partial charge is 0.465 e. The zero-order valence-corrected chi connectivity index (χ0v) is 20.5. The van der Waals surface area contributed by atoms with Gasteiger partial charge in [0.15, 0.2) is 0 Å². The van der Waals surface area contributed by atoms with E-state index in [4.69, 9.17) is 9.84 Å². The molecule has 2 amide bonds. The SMILES string of the molecule is CC(C)(NC(=O)O)C(=O)N1CCC2(CC1)C[C@H](CCN1CCN(c3ccc(F)cc3)CC1)OC2=O. The standard InChI is InChI=1S/C25H35FN4O5/c1-24(2,27-23(33)34)21(31)30-11-8-25(9-12-30)17-20(35-22(25)32)7-10-28-13-15-29(16-14-28)19-5-3-18(26)4-6-19/h3-6,20,27H,7-17H2,1-2H3,(H,33,34)/t20-/m0/s1. The van der Waals surface area contributed by atoms with Crippen LogP contribution in [0.4, 0.5) is 14.9 Å². The number of anilines is 1. The van der Waals surface area contributed by atoms with Crippen LogP contribution in [0.15, 0.2) is 24.3 Å². The van der Waals surface area contributed by atoms with Crippen molar-refractivity contribution < 1.29 is 28.6 Å². The zero-order chi connectivity index (χ0) is 25.2. The quantitative estimate of drug-likeness (QED) is 0.590. The van der Waals surface area contributed by atoms with Crippen molar-refractivity contribution in [2.45, 2.75) is 51.2 Å². The first-order valence-electron chi connectivity index (χ1n) is 12.3. The third-order valence-electron chi connectivity index (χ3n) is 7.62. The van der Waals surface area contributed by atoms with Crippen LogP contribution in [0.5, 0.6) is 0 Å². The number of piperazine rings is 1. The molecule has 0 radical (unpaired) electrons. The molecule has 1 atom stereocenters. The van der Waals surface area contributed by atoms with E-state index in [9.17, 15) is 18.8 Å². The van der Waals surface area contributed by atoms with Crippen LogP contribution in [-0.2, 0) is 14.3 Å². The summed E-state index contributed by atoms with van der Waals surface area (Å²) in [6.07, 6.45) is 1.16. The van der Waals surface area contributed by atoms with Crippen LogP contribution in [-0.4, -0.2) is 90.3 Å². The summed E-state index contributed by atoms with van der Waals surface area (Å²) in [5.74, 6) is -0.677. The number of ether oxygens (including phenoxy) is 1. The van der Waals surface area contributed by atoms with Gasteiger partial charge in [0.1, 0.15) is 17.5 Å². The molecule has 2 N–H and O–H groups in total. The number of carbonyl (C=O) groups is 3. The van der Waals surface area contributed by atoms with E-state index in [-0.39, 0.29) is 23.8 Å². The number of hydrogen-bond acceptors (Lipinski definition) is 6. The molecule has 3 aliphatic heterocycles. The summed E-state index contributed by atoms with van der Waals surface area (Å²) >= 11 is 0. The molecule has 35 heavy (non-hydrogen) atoms. The molecule has 0 aliphatic carbocycles. The first-order valence-corrected chi connectivity index (χ1v) is 12.3. The van der Waals surface area contributed by atoms with Gasteiger partial charge in [0, 0.05) is 57.9 Å². The van der Waals surface area contributed by atoms with Gasteiger partial charge in [-0.15, -0.1) is 0 Å². The molecular formula is C25H35FN4O5. The van der Waals surface area contributed by atoms with Crippen LogP contribution in [0.25, 0.3) is 0 Å². The smallest absolute Gasteiger partial charge is 0.405 e. The van der Waals surface area contributed by atoms with E-state index in [1.807, 2.05) is 12.1 Å². The van der Waals surface area contributed by atoms with Crippen molar-refractivity contribution in [2.75, 3.05) is 50.7 Å². The fraction of sp³-hybridized carbons (Fsp3) is 0.640.